The number of hydrogen-bond donors (Lipinski definition) is 0. The third-order valence-electron chi connectivity index (χ3n) is 2.69. The predicted octanol–water partition coefficient (Wildman–Crippen LogP) is 2.65. The second kappa shape index (κ2) is 6.05. The molecule has 1 saturated heterocycles. The summed E-state index contributed by atoms with van der Waals surface area (Å²) in [6.45, 7) is 9.54. The summed E-state index contributed by atoms with van der Waals surface area (Å²) in [6, 6.07) is 0.0953. The molecular weight excluding hydrogens is 286 g/mol. The van der Waals surface area contributed by atoms with Crippen LogP contribution in [0.25, 0.3) is 0 Å². The zero-order chi connectivity index (χ0) is 13.1. The Morgan fingerprint density at radius 1 is 1.59 bits per heavy atom. The molecular formula is C12H22BrNO3. The van der Waals surface area contributed by atoms with Gasteiger partial charge in [-0.2, -0.15) is 0 Å². The van der Waals surface area contributed by atoms with Crippen LogP contribution in [0.4, 0.5) is 4.79 Å². The largest absolute Gasteiger partial charge is 0.444 e. The number of nitrogens with zero attached hydrogens (tertiary/aromatic N) is 1. The van der Waals surface area contributed by atoms with Crippen molar-refractivity contribution in [3.8, 4) is 0 Å². The van der Waals surface area contributed by atoms with Crippen molar-refractivity contribution in [2.75, 3.05) is 25.1 Å². The average molecular weight is 308 g/mol. The van der Waals surface area contributed by atoms with Gasteiger partial charge in [-0.05, 0) is 26.7 Å². The van der Waals surface area contributed by atoms with Crippen LogP contribution in [0.1, 0.15) is 27.7 Å². The van der Waals surface area contributed by atoms with E-state index in [1.54, 1.807) is 4.90 Å². The van der Waals surface area contributed by atoms with Crippen molar-refractivity contribution in [3.63, 3.8) is 0 Å². The Bertz CT molecular complexity index is 265. The number of rotatable bonds is 2. The Kier molecular flexibility index (Phi) is 5.25. The third kappa shape index (κ3) is 4.47. The van der Waals surface area contributed by atoms with Crippen LogP contribution in [0, 0.1) is 5.92 Å². The van der Waals surface area contributed by atoms with Gasteiger partial charge in [0, 0.05) is 11.9 Å². The third-order valence-corrected chi connectivity index (χ3v) is 3.72. The van der Waals surface area contributed by atoms with E-state index in [1.165, 1.54) is 0 Å². The molecule has 1 aliphatic rings. The van der Waals surface area contributed by atoms with Crippen molar-refractivity contribution < 1.29 is 14.3 Å². The van der Waals surface area contributed by atoms with Crippen LogP contribution in [-0.4, -0.2) is 47.7 Å². The molecule has 1 amide bonds. The lowest BCUT2D eigenvalue weighted by Gasteiger charge is -2.39. The molecule has 0 radical (unpaired) electrons. The summed E-state index contributed by atoms with van der Waals surface area (Å²) in [6.07, 6.45) is -0.237. The summed E-state index contributed by atoms with van der Waals surface area (Å²) >= 11 is 3.45. The molecule has 1 rings (SSSR count). The highest BCUT2D eigenvalue weighted by Crippen LogP contribution is 2.20. The monoisotopic (exact) mass is 307 g/mol. The van der Waals surface area contributed by atoms with Crippen LogP contribution in [0.15, 0.2) is 0 Å². The van der Waals surface area contributed by atoms with E-state index >= 15 is 0 Å². The standard InChI is InChI=1S/C12H22BrNO3/c1-9(7-13)10-8-16-6-5-14(10)11(15)17-12(2,3)4/h9-10H,5-8H2,1-4H3. The van der Waals surface area contributed by atoms with E-state index in [-0.39, 0.29) is 12.1 Å². The fourth-order valence-corrected chi connectivity index (χ4v) is 2.18. The molecule has 1 fully saturated rings. The first-order valence-electron chi connectivity index (χ1n) is 5.98. The number of ether oxygens (including phenoxy) is 2. The zero-order valence-corrected chi connectivity index (χ0v) is 12.6. The molecule has 100 valence electrons. The summed E-state index contributed by atoms with van der Waals surface area (Å²) in [5.41, 5.74) is -0.447. The Hall–Kier alpha value is -0.290. The van der Waals surface area contributed by atoms with Gasteiger partial charge in [-0.25, -0.2) is 4.79 Å². The van der Waals surface area contributed by atoms with Crippen LogP contribution in [0.3, 0.4) is 0 Å². The highest BCUT2D eigenvalue weighted by Gasteiger charge is 2.33. The highest BCUT2D eigenvalue weighted by molar-refractivity contribution is 9.09. The Labute approximate surface area is 112 Å². The number of amides is 1. The Balaban J connectivity index is 2.67. The maximum Gasteiger partial charge on any atom is 0.410 e. The van der Waals surface area contributed by atoms with E-state index in [1.807, 2.05) is 20.8 Å². The van der Waals surface area contributed by atoms with Crippen LogP contribution in [0.2, 0.25) is 0 Å². The maximum atomic E-state index is 12.1. The first-order valence-corrected chi connectivity index (χ1v) is 7.10. The molecule has 0 saturated carbocycles. The Morgan fingerprint density at radius 2 is 2.24 bits per heavy atom. The van der Waals surface area contributed by atoms with Crippen LogP contribution in [-0.2, 0) is 9.47 Å². The minimum absolute atomic E-state index is 0.0953. The molecule has 2 unspecified atom stereocenters. The van der Waals surface area contributed by atoms with Crippen molar-refractivity contribution in [2.24, 2.45) is 5.92 Å². The summed E-state index contributed by atoms with van der Waals surface area (Å²) in [5, 5.41) is 0.848. The number of carbonyl (C=O) groups is 1. The minimum Gasteiger partial charge on any atom is -0.444 e. The minimum atomic E-state index is -0.447. The fourth-order valence-electron chi connectivity index (χ4n) is 1.74. The van der Waals surface area contributed by atoms with E-state index in [0.717, 1.165) is 5.33 Å². The average Bonchev–Trinajstić information content (AvgIpc) is 2.25. The second-order valence-corrected chi connectivity index (χ2v) is 6.10. The normalized spacial score (nSPS) is 23.4. The maximum absolute atomic E-state index is 12.1. The lowest BCUT2D eigenvalue weighted by atomic mass is 10.0. The van der Waals surface area contributed by atoms with Gasteiger partial charge in [0.15, 0.2) is 0 Å². The fraction of sp³-hybridized carbons (Fsp3) is 0.917. The van der Waals surface area contributed by atoms with Gasteiger partial charge in [0.2, 0.25) is 0 Å². The Morgan fingerprint density at radius 3 is 2.76 bits per heavy atom. The smallest absolute Gasteiger partial charge is 0.410 e. The van der Waals surface area contributed by atoms with Gasteiger partial charge in [0.25, 0.3) is 0 Å². The summed E-state index contributed by atoms with van der Waals surface area (Å²) in [5.74, 6) is 0.350. The first-order chi connectivity index (χ1) is 7.85. The molecule has 5 heteroatoms. The van der Waals surface area contributed by atoms with Crippen LogP contribution >= 0.6 is 15.9 Å². The first kappa shape index (κ1) is 14.8. The summed E-state index contributed by atoms with van der Waals surface area (Å²) < 4.78 is 10.9. The zero-order valence-electron chi connectivity index (χ0n) is 11.0. The van der Waals surface area contributed by atoms with Gasteiger partial charge in [-0.1, -0.05) is 22.9 Å². The van der Waals surface area contributed by atoms with Gasteiger partial charge in [-0.3, -0.25) is 0 Å². The van der Waals surface area contributed by atoms with E-state index in [0.29, 0.717) is 25.7 Å². The molecule has 0 aromatic rings. The highest BCUT2D eigenvalue weighted by atomic mass is 79.9. The number of morpholine rings is 1. The van der Waals surface area contributed by atoms with Crippen molar-refractivity contribution >= 4 is 22.0 Å². The molecule has 0 spiro atoms. The number of halogens is 1. The molecule has 2 atom stereocenters. The lowest BCUT2D eigenvalue weighted by Crippen LogP contribution is -2.53. The van der Waals surface area contributed by atoms with Crippen LogP contribution < -0.4 is 0 Å². The van der Waals surface area contributed by atoms with Gasteiger partial charge in [0.05, 0.1) is 19.3 Å². The molecule has 0 aliphatic carbocycles. The molecule has 17 heavy (non-hydrogen) atoms. The molecule has 0 N–H and O–H groups in total. The van der Waals surface area contributed by atoms with Crippen molar-refractivity contribution in [2.45, 2.75) is 39.3 Å². The van der Waals surface area contributed by atoms with E-state index in [4.69, 9.17) is 9.47 Å². The van der Waals surface area contributed by atoms with Gasteiger partial charge in [0.1, 0.15) is 5.60 Å². The topological polar surface area (TPSA) is 38.8 Å². The molecule has 0 aromatic heterocycles. The lowest BCUT2D eigenvalue weighted by molar-refractivity contribution is -0.0423. The van der Waals surface area contributed by atoms with Crippen LogP contribution in [0.5, 0.6) is 0 Å². The van der Waals surface area contributed by atoms with Gasteiger partial charge >= 0.3 is 6.09 Å². The molecule has 1 aliphatic heterocycles. The second-order valence-electron chi connectivity index (χ2n) is 5.45. The molecule has 4 nitrogen and oxygen atoms in total. The SMILES string of the molecule is CC(CBr)C1COCCN1C(=O)OC(C)(C)C. The van der Waals surface area contributed by atoms with E-state index in [2.05, 4.69) is 22.9 Å². The molecule has 0 bridgehead atoms. The van der Waals surface area contributed by atoms with Crippen molar-refractivity contribution in [1.82, 2.24) is 4.90 Å². The molecule has 0 aromatic carbocycles. The van der Waals surface area contributed by atoms with E-state index < -0.39 is 5.60 Å². The molecule has 1 heterocycles. The number of hydrogen-bond acceptors (Lipinski definition) is 3. The predicted molar refractivity (Wildman–Crippen MR) is 70.5 cm³/mol. The number of carbonyl (C=O) groups excluding carboxylic acids is 1. The quantitative estimate of drug-likeness (QED) is 0.736. The van der Waals surface area contributed by atoms with E-state index in [9.17, 15) is 4.79 Å². The van der Waals surface area contributed by atoms with Gasteiger partial charge < -0.3 is 14.4 Å². The van der Waals surface area contributed by atoms with Crippen molar-refractivity contribution in [1.29, 1.82) is 0 Å². The van der Waals surface area contributed by atoms with Gasteiger partial charge in [-0.15, -0.1) is 0 Å². The summed E-state index contributed by atoms with van der Waals surface area (Å²) in [4.78, 5) is 13.9. The van der Waals surface area contributed by atoms with Crippen molar-refractivity contribution in [3.05, 3.63) is 0 Å². The summed E-state index contributed by atoms with van der Waals surface area (Å²) in [7, 11) is 0. The number of alkyl halides is 1.